The van der Waals surface area contributed by atoms with Crippen LogP contribution in [0, 0.1) is 11.3 Å². The number of hydrogen-bond donors (Lipinski definition) is 0. The van der Waals surface area contributed by atoms with Gasteiger partial charge in [-0.2, -0.15) is 17.0 Å². The van der Waals surface area contributed by atoms with Crippen LogP contribution in [0.25, 0.3) is 0 Å². The highest BCUT2D eigenvalue weighted by atomic mass is 32.2. The maximum Gasteiger partial charge on any atom is 0.244 e. The highest BCUT2D eigenvalue weighted by Gasteiger charge is 2.26. The summed E-state index contributed by atoms with van der Waals surface area (Å²) in [5.41, 5.74) is 0.793. The molecule has 1 aliphatic heterocycles. The Balaban J connectivity index is 2.13. The van der Waals surface area contributed by atoms with Crippen LogP contribution in [0.1, 0.15) is 17.9 Å². The molecule has 1 aromatic carbocycles. The second-order valence-corrected chi connectivity index (χ2v) is 5.49. The van der Waals surface area contributed by atoms with E-state index in [1.54, 1.807) is 0 Å². The van der Waals surface area contributed by atoms with Crippen LogP contribution in [0.15, 0.2) is 30.3 Å². The standard InChI is InChI=1S/C14H16N2OS/c15-11-13(12-5-2-1-3-6-12)14(17)16-7-4-9-18-10-8-16/h1-3,5-6,13H,4,7-10H2. The maximum absolute atomic E-state index is 12.4. The van der Waals surface area contributed by atoms with Gasteiger partial charge in [-0.05, 0) is 17.7 Å². The normalized spacial score (nSPS) is 17.6. The molecule has 1 heterocycles. The van der Waals surface area contributed by atoms with Gasteiger partial charge in [0.05, 0.1) is 6.07 Å². The fourth-order valence-corrected chi connectivity index (χ4v) is 2.95. The Bertz CT molecular complexity index is 433. The smallest absolute Gasteiger partial charge is 0.244 e. The number of thioether (sulfide) groups is 1. The summed E-state index contributed by atoms with van der Waals surface area (Å²) in [4.78, 5) is 14.2. The minimum atomic E-state index is -0.658. The summed E-state index contributed by atoms with van der Waals surface area (Å²) >= 11 is 1.88. The van der Waals surface area contributed by atoms with Gasteiger partial charge in [0.15, 0.2) is 0 Å². The molecule has 2 rings (SSSR count). The van der Waals surface area contributed by atoms with Crippen molar-refractivity contribution in [3.05, 3.63) is 35.9 Å². The van der Waals surface area contributed by atoms with E-state index in [-0.39, 0.29) is 5.91 Å². The van der Waals surface area contributed by atoms with Gasteiger partial charge in [0.1, 0.15) is 5.92 Å². The highest BCUT2D eigenvalue weighted by Crippen LogP contribution is 2.20. The molecule has 3 nitrogen and oxygen atoms in total. The van der Waals surface area contributed by atoms with Crippen molar-refractivity contribution in [1.29, 1.82) is 5.26 Å². The van der Waals surface area contributed by atoms with Crippen molar-refractivity contribution in [3.63, 3.8) is 0 Å². The summed E-state index contributed by atoms with van der Waals surface area (Å²) in [5, 5.41) is 9.25. The first kappa shape index (κ1) is 13.0. The highest BCUT2D eigenvalue weighted by molar-refractivity contribution is 7.99. The molecule has 0 aliphatic carbocycles. The van der Waals surface area contributed by atoms with Crippen LogP contribution >= 0.6 is 11.8 Å². The largest absolute Gasteiger partial charge is 0.340 e. The van der Waals surface area contributed by atoms with E-state index in [0.717, 1.165) is 36.6 Å². The van der Waals surface area contributed by atoms with Gasteiger partial charge in [-0.3, -0.25) is 4.79 Å². The van der Waals surface area contributed by atoms with Crippen molar-refractivity contribution in [1.82, 2.24) is 4.90 Å². The molecule has 0 bridgehead atoms. The molecule has 4 heteroatoms. The van der Waals surface area contributed by atoms with Crippen LogP contribution in [0.3, 0.4) is 0 Å². The van der Waals surface area contributed by atoms with Gasteiger partial charge in [-0.1, -0.05) is 30.3 Å². The second kappa shape index (κ2) is 6.46. The molecule has 0 N–H and O–H groups in total. The molecule has 94 valence electrons. The zero-order chi connectivity index (χ0) is 12.8. The molecule has 0 radical (unpaired) electrons. The summed E-state index contributed by atoms with van der Waals surface area (Å²) in [6, 6.07) is 11.5. The monoisotopic (exact) mass is 260 g/mol. The van der Waals surface area contributed by atoms with Gasteiger partial charge in [-0.15, -0.1) is 0 Å². The van der Waals surface area contributed by atoms with E-state index >= 15 is 0 Å². The number of carbonyl (C=O) groups is 1. The van der Waals surface area contributed by atoms with Gasteiger partial charge in [0.25, 0.3) is 0 Å². The Kier molecular flexibility index (Phi) is 4.66. The quantitative estimate of drug-likeness (QED) is 0.819. The third-order valence-electron chi connectivity index (χ3n) is 3.04. The molecular formula is C14H16N2OS. The lowest BCUT2D eigenvalue weighted by Gasteiger charge is -2.22. The van der Waals surface area contributed by atoms with Gasteiger partial charge in [-0.25, -0.2) is 0 Å². The SMILES string of the molecule is N#CC(C(=O)N1CCCSCC1)c1ccccc1. The lowest BCUT2D eigenvalue weighted by Crippen LogP contribution is -2.36. The van der Waals surface area contributed by atoms with Crippen LogP contribution in [-0.4, -0.2) is 35.4 Å². The summed E-state index contributed by atoms with van der Waals surface area (Å²) < 4.78 is 0. The summed E-state index contributed by atoms with van der Waals surface area (Å²) in [6.45, 7) is 1.53. The van der Waals surface area contributed by atoms with E-state index in [2.05, 4.69) is 6.07 Å². The Morgan fingerprint density at radius 2 is 2.06 bits per heavy atom. The van der Waals surface area contributed by atoms with E-state index in [1.165, 1.54) is 0 Å². The van der Waals surface area contributed by atoms with E-state index in [0.29, 0.717) is 0 Å². The Labute approximate surface area is 112 Å². The van der Waals surface area contributed by atoms with Crippen molar-refractivity contribution in [2.24, 2.45) is 0 Å². The lowest BCUT2D eigenvalue weighted by atomic mass is 9.99. The number of carbonyl (C=O) groups excluding carboxylic acids is 1. The minimum Gasteiger partial charge on any atom is -0.340 e. The molecule has 0 saturated carbocycles. The predicted molar refractivity (Wildman–Crippen MR) is 73.3 cm³/mol. The molecule has 1 amide bonds. The molecule has 1 aromatic rings. The molecule has 1 atom stereocenters. The summed E-state index contributed by atoms with van der Waals surface area (Å²) in [5.74, 6) is 1.37. The third kappa shape index (κ3) is 3.05. The Morgan fingerprint density at radius 3 is 2.78 bits per heavy atom. The van der Waals surface area contributed by atoms with Crippen molar-refractivity contribution in [2.75, 3.05) is 24.6 Å². The average molecular weight is 260 g/mol. The second-order valence-electron chi connectivity index (χ2n) is 4.26. The molecule has 1 fully saturated rings. The van der Waals surface area contributed by atoms with Crippen molar-refractivity contribution < 1.29 is 4.79 Å². The van der Waals surface area contributed by atoms with Gasteiger partial charge >= 0.3 is 0 Å². The molecule has 1 aliphatic rings. The number of hydrogen-bond acceptors (Lipinski definition) is 3. The zero-order valence-electron chi connectivity index (χ0n) is 10.2. The first-order chi connectivity index (χ1) is 8.83. The van der Waals surface area contributed by atoms with E-state index in [1.807, 2.05) is 47.0 Å². The average Bonchev–Trinajstić information content (AvgIpc) is 2.69. The van der Waals surface area contributed by atoms with Gasteiger partial charge in [0.2, 0.25) is 5.91 Å². The van der Waals surface area contributed by atoms with Crippen molar-refractivity contribution in [2.45, 2.75) is 12.3 Å². The molecule has 18 heavy (non-hydrogen) atoms. The van der Waals surface area contributed by atoms with Crippen molar-refractivity contribution >= 4 is 17.7 Å². The van der Waals surface area contributed by atoms with Crippen LogP contribution in [0.2, 0.25) is 0 Å². The summed E-state index contributed by atoms with van der Waals surface area (Å²) in [6.07, 6.45) is 1.02. The zero-order valence-corrected chi connectivity index (χ0v) is 11.0. The fraction of sp³-hybridized carbons (Fsp3) is 0.429. The fourth-order valence-electron chi connectivity index (χ4n) is 2.07. The molecule has 1 saturated heterocycles. The van der Waals surface area contributed by atoms with E-state index < -0.39 is 5.92 Å². The molecular weight excluding hydrogens is 244 g/mol. The van der Waals surface area contributed by atoms with Crippen LogP contribution in [-0.2, 0) is 4.79 Å². The number of rotatable bonds is 2. The van der Waals surface area contributed by atoms with Gasteiger partial charge < -0.3 is 4.90 Å². The summed E-state index contributed by atoms with van der Waals surface area (Å²) in [7, 11) is 0. The Hall–Kier alpha value is -1.47. The number of nitriles is 1. The minimum absolute atomic E-state index is 0.0498. The Morgan fingerprint density at radius 1 is 1.28 bits per heavy atom. The predicted octanol–water partition coefficient (Wildman–Crippen LogP) is 2.26. The van der Waals surface area contributed by atoms with Crippen LogP contribution in [0.4, 0.5) is 0 Å². The van der Waals surface area contributed by atoms with Crippen molar-refractivity contribution in [3.8, 4) is 6.07 Å². The third-order valence-corrected chi connectivity index (χ3v) is 4.09. The lowest BCUT2D eigenvalue weighted by molar-refractivity contribution is -0.131. The topological polar surface area (TPSA) is 44.1 Å². The molecule has 0 spiro atoms. The first-order valence-electron chi connectivity index (χ1n) is 6.14. The molecule has 1 unspecified atom stereocenters. The number of nitrogens with zero attached hydrogens (tertiary/aromatic N) is 2. The number of amides is 1. The van der Waals surface area contributed by atoms with Crippen LogP contribution < -0.4 is 0 Å². The maximum atomic E-state index is 12.4. The van der Waals surface area contributed by atoms with E-state index in [9.17, 15) is 10.1 Å². The molecule has 0 aromatic heterocycles. The van der Waals surface area contributed by atoms with E-state index in [4.69, 9.17) is 0 Å². The van der Waals surface area contributed by atoms with Crippen LogP contribution in [0.5, 0.6) is 0 Å². The van der Waals surface area contributed by atoms with Gasteiger partial charge in [0, 0.05) is 18.8 Å². The number of benzene rings is 1. The first-order valence-corrected chi connectivity index (χ1v) is 7.29.